The molecule has 0 saturated heterocycles. The fourth-order valence-corrected chi connectivity index (χ4v) is 1.66. The van der Waals surface area contributed by atoms with Crippen molar-refractivity contribution in [3.8, 4) is 0 Å². The van der Waals surface area contributed by atoms with Gasteiger partial charge in [-0.1, -0.05) is 20.8 Å². The Hall–Kier alpha value is -1.40. The fraction of sp³-hybridized carbons (Fsp3) is 0.714. The Morgan fingerprint density at radius 2 is 2.20 bits per heavy atom. The summed E-state index contributed by atoms with van der Waals surface area (Å²) in [4.78, 5) is 13.7. The van der Waals surface area contributed by atoms with Crippen molar-refractivity contribution < 1.29 is 9.53 Å². The van der Waals surface area contributed by atoms with Gasteiger partial charge in [-0.15, -0.1) is 0 Å². The summed E-state index contributed by atoms with van der Waals surface area (Å²) in [5, 5.41) is 10.1. The molecule has 2 N–H and O–H groups in total. The summed E-state index contributed by atoms with van der Waals surface area (Å²) >= 11 is 0. The van der Waals surface area contributed by atoms with Gasteiger partial charge in [-0.25, -0.2) is 0 Å². The molecule has 1 heterocycles. The lowest BCUT2D eigenvalue weighted by Crippen LogP contribution is -2.36. The molecule has 20 heavy (non-hydrogen) atoms. The first-order valence-corrected chi connectivity index (χ1v) is 6.82. The van der Waals surface area contributed by atoms with E-state index in [0.717, 1.165) is 17.9 Å². The third-order valence-electron chi connectivity index (χ3n) is 2.97. The van der Waals surface area contributed by atoms with Gasteiger partial charge in [0.1, 0.15) is 0 Å². The second kappa shape index (κ2) is 7.40. The van der Waals surface area contributed by atoms with E-state index < -0.39 is 0 Å². The van der Waals surface area contributed by atoms with Crippen LogP contribution in [0.5, 0.6) is 0 Å². The molecule has 0 aliphatic carbocycles. The lowest BCUT2D eigenvalue weighted by molar-refractivity contribution is -0.122. The topological polar surface area (TPSA) is 70.2 Å². The number of hydrogen-bond donors (Lipinski definition) is 2. The molecule has 0 atom stereocenters. The van der Waals surface area contributed by atoms with Crippen LogP contribution >= 0.6 is 0 Å². The summed E-state index contributed by atoms with van der Waals surface area (Å²) < 4.78 is 4.97. The second-order valence-electron chi connectivity index (χ2n) is 6.04. The number of hydrogen-bond acceptors (Lipinski definition) is 4. The Labute approximate surface area is 120 Å². The highest BCUT2D eigenvalue weighted by Gasteiger charge is 2.17. The summed E-state index contributed by atoms with van der Waals surface area (Å²) in [6.45, 7) is 8.52. The molecule has 0 radical (unpaired) electrons. The molecule has 0 saturated carbocycles. The number of methoxy groups -OCH3 is 1. The molecule has 1 amide bonds. The highest BCUT2D eigenvalue weighted by molar-refractivity contribution is 5.77. The van der Waals surface area contributed by atoms with E-state index in [-0.39, 0.29) is 11.3 Å². The van der Waals surface area contributed by atoms with Gasteiger partial charge in [0, 0.05) is 19.1 Å². The maximum Gasteiger partial charge on any atom is 0.234 e. The van der Waals surface area contributed by atoms with Crippen LogP contribution in [0.3, 0.4) is 0 Å². The minimum Gasteiger partial charge on any atom is -0.383 e. The van der Waals surface area contributed by atoms with Crippen molar-refractivity contribution in [3.05, 3.63) is 17.5 Å². The number of likely N-dealkylation sites (N-methyl/N-ethyl adjacent to an activating group) is 1. The number of aromatic nitrogens is 2. The molecule has 0 aromatic carbocycles. The minimum atomic E-state index is -0.00416. The van der Waals surface area contributed by atoms with Crippen molar-refractivity contribution in [2.75, 3.05) is 33.9 Å². The third kappa shape index (κ3) is 5.71. The molecule has 0 aliphatic rings. The zero-order valence-electron chi connectivity index (χ0n) is 13.1. The van der Waals surface area contributed by atoms with E-state index in [0.29, 0.717) is 19.7 Å². The van der Waals surface area contributed by atoms with Crippen molar-refractivity contribution in [2.24, 2.45) is 0 Å². The maximum atomic E-state index is 11.8. The number of nitrogens with one attached hydrogen (secondary N) is 2. The van der Waals surface area contributed by atoms with Gasteiger partial charge in [0.2, 0.25) is 5.91 Å². The van der Waals surface area contributed by atoms with Gasteiger partial charge in [-0.3, -0.25) is 14.8 Å². The number of nitrogens with zero attached hydrogens (tertiary/aromatic N) is 2. The Balaban J connectivity index is 2.36. The van der Waals surface area contributed by atoms with Gasteiger partial charge in [0.15, 0.2) is 0 Å². The van der Waals surface area contributed by atoms with Crippen LogP contribution < -0.4 is 5.32 Å². The summed E-state index contributed by atoms with van der Waals surface area (Å²) in [6.07, 6.45) is 0. The van der Waals surface area contributed by atoms with E-state index >= 15 is 0 Å². The fourth-order valence-electron chi connectivity index (χ4n) is 1.66. The Bertz CT molecular complexity index is 423. The van der Waals surface area contributed by atoms with Crippen LogP contribution in [0.1, 0.15) is 32.2 Å². The average molecular weight is 282 g/mol. The van der Waals surface area contributed by atoms with Crippen molar-refractivity contribution >= 4 is 5.91 Å². The summed E-state index contributed by atoms with van der Waals surface area (Å²) in [5.41, 5.74) is 1.93. The van der Waals surface area contributed by atoms with Crippen molar-refractivity contribution in [2.45, 2.75) is 32.7 Å². The lowest BCUT2D eigenvalue weighted by atomic mass is 9.92. The predicted molar refractivity (Wildman–Crippen MR) is 78.5 cm³/mol. The number of aromatic amines is 1. The summed E-state index contributed by atoms with van der Waals surface area (Å²) in [7, 11) is 3.55. The molecular weight excluding hydrogens is 256 g/mol. The van der Waals surface area contributed by atoms with Crippen LogP contribution in [0.4, 0.5) is 0 Å². The van der Waals surface area contributed by atoms with Crippen molar-refractivity contribution in [1.82, 2.24) is 20.4 Å². The zero-order chi connectivity index (χ0) is 15.2. The van der Waals surface area contributed by atoms with Gasteiger partial charge in [0.25, 0.3) is 0 Å². The smallest absolute Gasteiger partial charge is 0.234 e. The highest BCUT2D eigenvalue weighted by Crippen LogP contribution is 2.19. The summed E-state index contributed by atoms with van der Waals surface area (Å²) in [5.74, 6) is -0.00416. The van der Waals surface area contributed by atoms with Gasteiger partial charge in [0.05, 0.1) is 31.1 Å². The number of ether oxygens (including phenoxy) is 1. The van der Waals surface area contributed by atoms with Crippen LogP contribution in [-0.4, -0.2) is 54.9 Å². The first kappa shape index (κ1) is 16.7. The molecule has 6 nitrogen and oxygen atoms in total. The molecule has 1 aromatic rings. The largest absolute Gasteiger partial charge is 0.383 e. The lowest BCUT2D eigenvalue weighted by Gasteiger charge is -2.15. The van der Waals surface area contributed by atoms with Gasteiger partial charge >= 0.3 is 0 Å². The third-order valence-corrected chi connectivity index (χ3v) is 2.97. The predicted octanol–water partition coefficient (Wildman–Crippen LogP) is 0.902. The molecule has 0 aliphatic heterocycles. The number of H-pyrrole nitrogens is 1. The molecule has 0 spiro atoms. The van der Waals surface area contributed by atoms with Crippen molar-refractivity contribution in [1.29, 1.82) is 0 Å². The van der Waals surface area contributed by atoms with Gasteiger partial charge < -0.3 is 10.1 Å². The van der Waals surface area contributed by atoms with Crippen LogP contribution in [0.15, 0.2) is 6.07 Å². The molecule has 1 rings (SSSR count). The normalized spacial score (nSPS) is 11.9. The van der Waals surface area contributed by atoms with Crippen LogP contribution in [0.2, 0.25) is 0 Å². The molecule has 0 bridgehead atoms. The average Bonchev–Trinajstić information content (AvgIpc) is 2.82. The van der Waals surface area contributed by atoms with Gasteiger partial charge in [-0.2, -0.15) is 5.10 Å². The highest BCUT2D eigenvalue weighted by atomic mass is 16.5. The molecule has 0 unspecified atom stereocenters. The Morgan fingerprint density at radius 1 is 1.50 bits per heavy atom. The minimum absolute atomic E-state index is 0.00416. The van der Waals surface area contributed by atoms with Gasteiger partial charge in [-0.05, 0) is 13.1 Å². The number of rotatable bonds is 7. The number of carbonyl (C=O) groups excluding carboxylic acids is 1. The second-order valence-corrected chi connectivity index (χ2v) is 6.04. The Kier molecular flexibility index (Phi) is 6.16. The van der Waals surface area contributed by atoms with E-state index in [1.165, 1.54) is 0 Å². The van der Waals surface area contributed by atoms with E-state index in [1.54, 1.807) is 7.11 Å². The van der Waals surface area contributed by atoms with E-state index in [1.807, 2.05) is 18.0 Å². The van der Waals surface area contributed by atoms with Crippen LogP contribution in [0, 0.1) is 0 Å². The molecule has 0 fully saturated rings. The molecule has 6 heteroatoms. The first-order valence-electron chi connectivity index (χ1n) is 6.82. The Morgan fingerprint density at radius 3 is 2.75 bits per heavy atom. The zero-order valence-corrected chi connectivity index (χ0v) is 13.1. The first-order chi connectivity index (χ1) is 9.32. The summed E-state index contributed by atoms with van der Waals surface area (Å²) in [6, 6.07) is 1.99. The van der Waals surface area contributed by atoms with Crippen LogP contribution in [0.25, 0.3) is 0 Å². The standard InChI is InChI=1S/C14H26N4O2/c1-14(2,3)12-8-11(16-17-12)9-15-13(19)10-18(4)6-7-20-5/h8H,6-7,9-10H2,1-5H3,(H,15,19)(H,16,17). The molecule has 1 aromatic heterocycles. The number of carbonyl (C=O) groups is 1. The molecular formula is C14H26N4O2. The number of amides is 1. The van der Waals surface area contributed by atoms with E-state index in [9.17, 15) is 4.79 Å². The SMILES string of the molecule is COCCN(C)CC(=O)NCc1cc(C(C)(C)C)n[nH]1. The maximum absolute atomic E-state index is 11.8. The monoisotopic (exact) mass is 282 g/mol. The van der Waals surface area contributed by atoms with E-state index in [2.05, 4.69) is 36.3 Å². The van der Waals surface area contributed by atoms with E-state index in [4.69, 9.17) is 4.74 Å². The van der Waals surface area contributed by atoms with Crippen molar-refractivity contribution in [3.63, 3.8) is 0 Å². The van der Waals surface area contributed by atoms with Crippen LogP contribution in [-0.2, 0) is 21.5 Å². The quantitative estimate of drug-likeness (QED) is 0.779. The molecule has 114 valence electrons.